The lowest BCUT2D eigenvalue weighted by Crippen LogP contribution is -2.16. The molecule has 0 spiro atoms. The van der Waals surface area contributed by atoms with E-state index >= 15 is 0 Å². The number of hydrogen-bond acceptors (Lipinski definition) is 5. The second-order valence-corrected chi connectivity index (χ2v) is 4.97. The molecule has 1 amide bonds. The van der Waals surface area contributed by atoms with Crippen LogP contribution in [0.3, 0.4) is 0 Å². The minimum Gasteiger partial charge on any atom is -0.507 e. The third-order valence-electron chi connectivity index (χ3n) is 3.38. The lowest BCUT2D eigenvalue weighted by atomic mass is 10.0. The zero-order valence-corrected chi connectivity index (χ0v) is 12.4. The summed E-state index contributed by atoms with van der Waals surface area (Å²) >= 11 is 0. The number of phenolic OH excluding ortho intramolecular Hbond substituents is 1. The van der Waals surface area contributed by atoms with Crippen molar-refractivity contribution in [2.75, 3.05) is 5.32 Å². The molecule has 3 aromatic rings. The van der Waals surface area contributed by atoms with Crippen LogP contribution < -0.4 is 5.32 Å². The molecular weight excluding hydrogens is 317 g/mol. The standard InChI is InChI=1S/C15H12FN5O3/c1-21-12(15(24)18-14-2-3-17-19-14)6-11(20-21)9-4-8(16)5-13(23)10(9)7-22/h2-7,23H,1H3,(H2,17,18,19,24). The monoisotopic (exact) mass is 329 g/mol. The van der Waals surface area contributed by atoms with E-state index in [1.807, 2.05) is 0 Å². The second-order valence-electron chi connectivity index (χ2n) is 4.97. The van der Waals surface area contributed by atoms with E-state index in [4.69, 9.17) is 0 Å². The summed E-state index contributed by atoms with van der Waals surface area (Å²) in [6, 6.07) is 4.88. The third-order valence-corrected chi connectivity index (χ3v) is 3.38. The number of aromatic hydroxyl groups is 1. The molecule has 0 saturated carbocycles. The third kappa shape index (κ3) is 2.74. The van der Waals surface area contributed by atoms with E-state index in [0.717, 1.165) is 12.1 Å². The molecule has 0 aliphatic heterocycles. The highest BCUT2D eigenvalue weighted by atomic mass is 19.1. The number of rotatable bonds is 4. The van der Waals surface area contributed by atoms with Crippen LogP contribution in [0.25, 0.3) is 11.3 Å². The van der Waals surface area contributed by atoms with E-state index in [9.17, 15) is 19.1 Å². The zero-order valence-electron chi connectivity index (χ0n) is 12.4. The zero-order chi connectivity index (χ0) is 17.3. The Balaban J connectivity index is 2.00. The Morgan fingerprint density at radius 2 is 2.21 bits per heavy atom. The Hall–Kier alpha value is -3.49. The van der Waals surface area contributed by atoms with Gasteiger partial charge in [-0.05, 0) is 12.1 Å². The fourth-order valence-electron chi connectivity index (χ4n) is 2.26. The predicted octanol–water partition coefficient (Wildman–Crippen LogP) is 1.72. The smallest absolute Gasteiger partial charge is 0.275 e. The molecule has 9 heteroatoms. The van der Waals surface area contributed by atoms with Gasteiger partial charge in [-0.2, -0.15) is 10.2 Å². The fourth-order valence-corrected chi connectivity index (χ4v) is 2.26. The molecule has 0 bridgehead atoms. The van der Waals surface area contributed by atoms with E-state index in [1.165, 1.54) is 24.0 Å². The molecule has 0 unspecified atom stereocenters. The van der Waals surface area contributed by atoms with Gasteiger partial charge in [0, 0.05) is 24.7 Å². The number of aromatic amines is 1. The topological polar surface area (TPSA) is 113 Å². The van der Waals surface area contributed by atoms with Crippen LogP contribution in [0.1, 0.15) is 20.8 Å². The molecule has 0 atom stereocenters. The molecule has 3 N–H and O–H groups in total. The second kappa shape index (κ2) is 5.95. The van der Waals surface area contributed by atoms with Gasteiger partial charge in [-0.25, -0.2) is 4.39 Å². The summed E-state index contributed by atoms with van der Waals surface area (Å²) in [5, 5.41) is 22.7. The molecule has 24 heavy (non-hydrogen) atoms. The summed E-state index contributed by atoms with van der Waals surface area (Å²) < 4.78 is 14.8. The van der Waals surface area contributed by atoms with Crippen molar-refractivity contribution < 1.29 is 19.1 Å². The summed E-state index contributed by atoms with van der Waals surface area (Å²) in [7, 11) is 1.53. The van der Waals surface area contributed by atoms with Crippen molar-refractivity contribution in [2.24, 2.45) is 7.05 Å². The van der Waals surface area contributed by atoms with Gasteiger partial charge >= 0.3 is 0 Å². The summed E-state index contributed by atoms with van der Waals surface area (Å²) in [6.45, 7) is 0. The SMILES string of the molecule is Cn1nc(-c2cc(F)cc(O)c2C=O)cc1C(=O)Nc1ccn[nH]1. The van der Waals surface area contributed by atoms with Crippen LogP contribution in [-0.4, -0.2) is 37.3 Å². The van der Waals surface area contributed by atoms with E-state index in [-0.39, 0.29) is 22.5 Å². The summed E-state index contributed by atoms with van der Waals surface area (Å²) in [5.74, 6) is -1.27. The van der Waals surface area contributed by atoms with E-state index in [0.29, 0.717) is 12.1 Å². The summed E-state index contributed by atoms with van der Waals surface area (Å²) in [5.41, 5.74) is 0.359. The number of aldehydes is 1. The minimum absolute atomic E-state index is 0.0960. The highest BCUT2D eigenvalue weighted by molar-refractivity contribution is 6.03. The highest BCUT2D eigenvalue weighted by Crippen LogP contribution is 2.29. The Kier molecular flexibility index (Phi) is 3.82. The van der Waals surface area contributed by atoms with Crippen LogP contribution in [-0.2, 0) is 7.05 Å². The molecule has 1 aromatic carbocycles. The van der Waals surface area contributed by atoms with E-state index in [1.54, 1.807) is 6.07 Å². The largest absolute Gasteiger partial charge is 0.507 e. The van der Waals surface area contributed by atoms with Gasteiger partial charge in [0.25, 0.3) is 5.91 Å². The predicted molar refractivity (Wildman–Crippen MR) is 82.2 cm³/mol. The van der Waals surface area contributed by atoms with Gasteiger partial charge < -0.3 is 10.4 Å². The molecular formula is C15H12FN5O3. The number of anilines is 1. The van der Waals surface area contributed by atoms with E-state index in [2.05, 4.69) is 20.6 Å². The molecule has 8 nitrogen and oxygen atoms in total. The average Bonchev–Trinajstić information content (AvgIpc) is 3.16. The fraction of sp³-hybridized carbons (Fsp3) is 0.0667. The molecule has 0 aliphatic carbocycles. The number of benzene rings is 1. The van der Waals surface area contributed by atoms with Crippen molar-refractivity contribution in [1.82, 2.24) is 20.0 Å². The van der Waals surface area contributed by atoms with Gasteiger partial charge in [-0.15, -0.1) is 0 Å². The first kappa shape index (κ1) is 15.4. The molecule has 0 saturated heterocycles. The number of phenols is 1. The van der Waals surface area contributed by atoms with Gasteiger partial charge in [-0.1, -0.05) is 0 Å². The average molecular weight is 329 g/mol. The van der Waals surface area contributed by atoms with Gasteiger partial charge in [0.15, 0.2) is 6.29 Å². The number of nitrogens with zero attached hydrogens (tertiary/aromatic N) is 3. The molecule has 3 rings (SSSR count). The van der Waals surface area contributed by atoms with Crippen LogP contribution in [0.2, 0.25) is 0 Å². The maximum Gasteiger partial charge on any atom is 0.275 e. The van der Waals surface area contributed by atoms with Crippen LogP contribution in [0.5, 0.6) is 5.75 Å². The number of carbonyl (C=O) groups is 2. The Morgan fingerprint density at radius 1 is 1.42 bits per heavy atom. The van der Waals surface area contributed by atoms with Gasteiger partial charge in [-0.3, -0.25) is 19.4 Å². The Morgan fingerprint density at radius 3 is 2.88 bits per heavy atom. The number of hydrogen-bond donors (Lipinski definition) is 3. The van der Waals surface area contributed by atoms with Gasteiger partial charge in [0.05, 0.1) is 17.5 Å². The van der Waals surface area contributed by atoms with Gasteiger partial charge in [0.1, 0.15) is 23.1 Å². The Bertz CT molecular complexity index is 918. The van der Waals surface area contributed by atoms with Crippen molar-refractivity contribution in [1.29, 1.82) is 0 Å². The number of nitrogens with one attached hydrogen (secondary N) is 2. The van der Waals surface area contributed by atoms with Crippen molar-refractivity contribution in [3.05, 3.63) is 47.5 Å². The minimum atomic E-state index is -0.720. The molecule has 0 aliphatic rings. The number of aryl methyl sites for hydroxylation is 1. The summed E-state index contributed by atoms with van der Waals surface area (Å²) in [6.07, 6.45) is 1.89. The van der Waals surface area contributed by atoms with Crippen molar-refractivity contribution in [3.63, 3.8) is 0 Å². The lowest BCUT2D eigenvalue weighted by molar-refractivity contribution is 0.101. The van der Waals surface area contributed by atoms with Crippen LogP contribution in [0, 0.1) is 5.82 Å². The molecule has 2 aromatic heterocycles. The van der Waals surface area contributed by atoms with Crippen molar-refractivity contribution >= 4 is 18.0 Å². The molecule has 122 valence electrons. The van der Waals surface area contributed by atoms with Crippen LogP contribution >= 0.6 is 0 Å². The number of amides is 1. The van der Waals surface area contributed by atoms with Crippen molar-refractivity contribution in [3.8, 4) is 17.0 Å². The highest BCUT2D eigenvalue weighted by Gasteiger charge is 2.19. The maximum absolute atomic E-state index is 13.5. The molecule has 0 radical (unpaired) electrons. The molecule has 2 heterocycles. The van der Waals surface area contributed by atoms with E-state index < -0.39 is 17.5 Å². The molecule has 0 fully saturated rings. The maximum atomic E-state index is 13.5. The summed E-state index contributed by atoms with van der Waals surface area (Å²) in [4.78, 5) is 23.4. The van der Waals surface area contributed by atoms with Crippen molar-refractivity contribution in [2.45, 2.75) is 0 Å². The first-order valence-electron chi connectivity index (χ1n) is 6.82. The lowest BCUT2D eigenvalue weighted by Gasteiger charge is -2.04. The normalized spacial score (nSPS) is 10.6. The van der Waals surface area contributed by atoms with Crippen LogP contribution in [0.15, 0.2) is 30.5 Å². The first-order valence-corrected chi connectivity index (χ1v) is 6.82. The van der Waals surface area contributed by atoms with Crippen LogP contribution in [0.4, 0.5) is 10.2 Å². The van der Waals surface area contributed by atoms with Gasteiger partial charge in [0.2, 0.25) is 0 Å². The Labute approximate surface area is 134 Å². The number of halogens is 1. The quantitative estimate of drug-likeness (QED) is 0.631. The number of carbonyl (C=O) groups excluding carboxylic acids is 2. The first-order chi connectivity index (χ1) is 11.5. The number of aromatic nitrogens is 4. The number of H-pyrrole nitrogens is 1.